The highest BCUT2D eigenvalue weighted by atomic mass is 79.9. The molecule has 0 bridgehead atoms. The van der Waals surface area contributed by atoms with Crippen molar-refractivity contribution in [3.05, 3.63) is 98.7 Å². The average Bonchev–Trinajstić information content (AvgIpc) is 3.67. The lowest BCUT2D eigenvalue weighted by atomic mass is 10.1. The fourth-order valence-corrected chi connectivity index (χ4v) is 5.75. The van der Waals surface area contributed by atoms with Crippen LogP contribution in [0.2, 0.25) is 5.02 Å². The van der Waals surface area contributed by atoms with Crippen LogP contribution in [-0.4, -0.2) is 39.7 Å². The normalized spacial score (nSPS) is 16.1. The Morgan fingerprint density at radius 1 is 1.15 bits per heavy atom. The Kier molecular flexibility index (Phi) is 9.64. The number of thioether (sulfide) groups is 1. The summed E-state index contributed by atoms with van der Waals surface area (Å²) in [5, 5.41) is 14.4. The van der Waals surface area contributed by atoms with Gasteiger partial charge < -0.3 is 14.0 Å². The molecule has 1 N–H and O–H groups in total. The summed E-state index contributed by atoms with van der Waals surface area (Å²) in [6.45, 7) is 3.13. The van der Waals surface area contributed by atoms with Gasteiger partial charge in [-0.3, -0.25) is 4.79 Å². The second-order valence-electron chi connectivity index (χ2n) is 9.48. The van der Waals surface area contributed by atoms with Gasteiger partial charge in [-0.05, 0) is 85.0 Å². The van der Waals surface area contributed by atoms with E-state index in [2.05, 4.69) is 60.3 Å². The highest BCUT2D eigenvalue weighted by Gasteiger charge is 2.43. The van der Waals surface area contributed by atoms with Crippen LogP contribution in [0, 0.1) is 0 Å². The number of amides is 1. The molecular formula is C30H29BrClN5O3S. The zero-order valence-corrected chi connectivity index (χ0v) is 25.7. The van der Waals surface area contributed by atoms with Gasteiger partial charge in [0, 0.05) is 27.5 Å². The van der Waals surface area contributed by atoms with Gasteiger partial charge in [-0.25, -0.2) is 5.43 Å². The molecule has 2 atom stereocenters. The summed E-state index contributed by atoms with van der Waals surface area (Å²) in [6.07, 6.45) is 2.63. The zero-order valence-electron chi connectivity index (χ0n) is 22.6. The third-order valence-corrected chi connectivity index (χ3v) is 8.48. The maximum atomic E-state index is 12.5. The lowest BCUT2D eigenvalue weighted by Crippen LogP contribution is -2.20. The predicted molar refractivity (Wildman–Crippen MR) is 165 cm³/mol. The molecule has 1 aliphatic rings. The molecule has 5 rings (SSSR count). The van der Waals surface area contributed by atoms with E-state index in [0.29, 0.717) is 24.2 Å². The SMILES string of the molecule is CCn1c(SCC(=O)NN=Cc2ccc(OC)c(COc3ccc(Br)cc3)c2)nnc1C1CC1c1ccc(Cl)cc1. The summed E-state index contributed by atoms with van der Waals surface area (Å²) in [5.74, 6) is 3.13. The number of nitrogens with zero attached hydrogens (tertiary/aromatic N) is 4. The fraction of sp³-hybridized carbons (Fsp3) is 0.267. The van der Waals surface area contributed by atoms with Gasteiger partial charge in [-0.2, -0.15) is 5.10 Å². The van der Waals surface area contributed by atoms with Crippen LogP contribution < -0.4 is 14.9 Å². The van der Waals surface area contributed by atoms with E-state index in [0.717, 1.165) is 50.3 Å². The van der Waals surface area contributed by atoms with Gasteiger partial charge in [0.1, 0.15) is 23.9 Å². The summed E-state index contributed by atoms with van der Waals surface area (Å²) < 4.78 is 14.5. The second kappa shape index (κ2) is 13.5. The van der Waals surface area contributed by atoms with Crippen LogP contribution >= 0.6 is 39.3 Å². The number of hydrogen-bond acceptors (Lipinski definition) is 7. The van der Waals surface area contributed by atoms with Gasteiger partial charge in [-0.1, -0.05) is 51.4 Å². The Balaban J connectivity index is 1.14. The number of carbonyl (C=O) groups is 1. The molecule has 0 aliphatic heterocycles. The smallest absolute Gasteiger partial charge is 0.250 e. The number of methoxy groups -OCH3 is 1. The standard InChI is InChI=1S/C30H29BrClN5O3S/c1-3-37-29(26-15-25(26)20-5-9-23(32)10-6-20)35-36-30(37)41-18-28(38)34-33-16-19-4-13-27(39-2)21(14-19)17-40-24-11-7-22(31)8-12-24/h4-14,16,25-26H,3,15,17-18H2,1-2H3,(H,34,38). The van der Waals surface area contributed by atoms with E-state index in [-0.39, 0.29) is 11.7 Å². The van der Waals surface area contributed by atoms with E-state index in [4.69, 9.17) is 21.1 Å². The Hall–Kier alpha value is -3.34. The molecule has 4 aromatic rings. The van der Waals surface area contributed by atoms with Crippen molar-refractivity contribution in [1.29, 1.82) is 0 Å². The van der Waals surface area contributed by atoms with Crippen LogP contribution in [0.25, 0.3) is 0 Å². The molecule has 0 saturated heterocycles. The number of aromatic nitrogens is 3. The molecule has 1 saturated carbocycles. The minimum atomic E-state index is -0.226. The van der Waals surface area contributed by atoms with Crippen molar-refractivity contribution in [2.45, 2.75) is 43.5 Å². The highest BCUT2D eigenvalue weighted by molar-refractivity contribution is 9.10. The lowest BCUT2D eigenvalue weighted by Gasteiger charge is -2.11. The van der Waals surface area contributed by atoms with E-state index in [1.165, 1.54) is 17.3 Å². The molecule has 0 radical (unpaired) electrons. The number of carbonyl (C=O) groups excluding carboxylic acids is 1. The van der Waals surface area contributed by atoms with Gasteiger partial charge in [-0.15, -0.1) is 10.2 Å². The number of hydrazone groups is 1. The number of halogens is 2. The van der Waals surface area contributed by atoms with Crippen LogP contribution in [-0.2, 0) is 17.9 Å². The average molecular weight is 655 g/mol. The lowest BCUT2D eigenvalue weighted by molar-refractivity contribution is -0.118. The number of nitrogens with one attached hydrogen (secondary N) is 1. The van der Waals surface area contributed by atoms with Gasteiger partial charge in [0.05, 0.1) is 19.1 Å². The molecule has 3 aromatic carbocycles. The summed E-state index contributed by atoms with van der Waals surface area (Å²) in [5.41, 5.74) is 5.54. The molecule has 1 aromatic heterocycles. The van der Waals surface area contributed by atoms with Crippen LogP contribution in [0.3, 0.4) is 0 Å². The summed E-state index contributed by atoms with van der Waals surface area (Å²) >= 11 is 10.8. The van der Waals surface area contributed by atoms with Crippen molar-refractivity contribution in [2.24, 2.45) is 5.10 Å². The maximum absolute atomic E-state index is 12.5. The van der Waals surface area contributed by atoms with Gasteiger partial charge in [0.2, 0.25) is 0 Å². The Labute approximate surface area is 256 Å². The number of hydrogen-bond donors (Lipinski definition) is 1. The van der Waals surface area contributed by atoms with Crippen molar-refractivity contribution in [3.63, 3.8) is 0 Å². The molecule has 8 nitrogen and oxygen atoms in total. The third-order valence-electron chi connectivity index (χ3n) is 6.73. The largest absolute Gasteiger partial charge is 0.496 e. The minimum Gasteiger partial charge on any atom is -0.496 e. The molecular weight excluding hydrogens is 626 g/mol. The van der Waals surface area contributed by atoms with Crippen molar-refractivity contribution >= 4 is 51.4 Å². The first-order chi connectivity index (χ1) is 19.9. The van der Waals surface area contributed by atoms with Crippen molar-refractivity contribution in [1.82, 2.24) is 20.2 Å². The topological polar surface area (TPSA) is 90.6 Å². The van der Waals surface area contributed by atoms with Gasteiger partial charge in [0.15, 0.2) is 5.16 Å². The van der Waals surface area contributed by atoms with Crippen LogP contribution in [0.1, 0.15) is 47.7 Å². The zero-order chi connectivity index (χ0) is 28.8. The van der Waals surface area contributed by atoms with E-state index in [1.807, 2.05) is 54.6 Å². The molecule has 1 heterocycles. The van der Waals surface area contributed by atoms with E-state index >= 15 is 0 Å². The monoisotopic (exact) mass is 653 g/mol. The van der Waals surface area contributed by atoms with Crippen LogP contribution in [0.15, 0.2) is 81.5 Å². The quantitative estimate of drug-likeness (QED) is 0.103. The first-order valence-corrected chi connectivity index (χ1v) is 15.3. The molecule has 212 valence electrons. The first-order valence-electron chi connectivity index (χ1n) is 13.1. The third kappa shape index (κ3) is 7.49. The molecule has 0 spiro atoms. The second-order valence-corrected chi connectivity index (χ2v) is 11.8. The summed E-state index contributed by atoms with van der Waals surface area (Å²) in [4.78, 5) is 12.5. The molecule has 1 amide bonds. The summed E-state index contributed by atoms with van der Waals surface area (Å²) in [7, 11) is 1.62. The van der Waals surface area contributed by atoms with Crippen LogP contribution in [0.5, 0.6) is 11.5 Å². The van der Waals surface area contributed by atoms with Crippen molar-refractivity contribution in [3.8, 4) is 11.5 Å². The van der Waals surface area contributed by atoms with Crippen molar-refractivity contribution in [2.75, 3.05) is 12.9 Å². The highest BCUT2D eigenvalue weighted by Crippen LogP contribution is 2.54. The minimum absolute atomic E-state index is 0.176. The van der Waals surface area contributed by atoms with E-state index in [1.54, 1.807) is 13.3 Å². The van der Waals surface area contributed by atoms with Crippen LogP contribution in [0.4, 0.5) is 0 Å². The molecule has 41 heavy (non-hydrogen) atoms. The molecule has 1 fully saturated rings. The van der Waals surface area contributed by atoms with Crippen molar-refractivity contribution < 1.29 is 14.3 Å². The number of ether oxygens (including phenoxy) is 2. The number of rotatable bonds is 12. The first kappa shape index (κ1) is 29.2. The Morgan fingerprint density at radius 3 is 2.66 bits per heavy atom. The Morgan fingerprint density at radius 2 is 1.93 bits per heavy atom. The fourth-order valence-electron chi connectivity index (χ4n) is 4.56. The predicted octanol–water partition coefficient (Wildman–Crippen LogP) is 6.82. The maximum Gasteiger partial charge on any atom is 0.250 e. The molecule has 2 unspecified atom stereocenters. The van der Waals surface area contributed by atoms with E-state index < -0.39 is 0 Å². The van der Waals surface area contributed by atoms with Gasteiger partial charge in [0.25, 0.3) is 5.91 Å². The summed E-state index contributed by atoms with van der Waals surface area (Å²) in [6, 6.07) is 21.3. The molecule has 1 aliphatic carbocycles. The Bertz CT molecular complexity index is 1530. The van der Waals surface area contributed by atoms with E-state index in [9.17, 15) is 4.79 Å². The molecule has 11 heteroatoms. The number of benzene rings is 3. The van der Waals surface area contributed by atoms with Gasteiger partial charge >= 0.3 is 0 Å².